The van der Waals surface area contributed by atoms with E-state index in [1.54, 1.807) is 0 Å². The molecule has 0 saturated carbocycles. The van der Waals surface area contributed by atoms with Crippen LogP contribution in [0.1, 0.15) is 52.7 Å². The maximum atomic E-state index is 7.23. The van der Waals surface area contributed by atoms with E-state index in [-0.39, 0.29) is 17.5 Å². The van der Waals surface area contributed by atoms with Crippen molar-refractivity contribution in [3.63, 3.8) is 0 Å². The lowest BCUT2D eigenvalue weighted by Crippen LogP contribution is -2.61. The molecule has 0 aliphatic carbocycles. The summed E-state index contributed by atoms with van der Waals surface area (Å²) in [5.74, 6) is 0. The second-order valence-electron chi connectivity index (χ2n) is 26.8. The van der Waals surface area contributed by atoms with Crippen molar-refractivity contribution in [2.45, 2.75) is 52.4 Å². The van der Waals surface area contributed by atoms with Crippen molar-refractivity contribution in [1.29, 1.82) is 0 Å². The molecular weight excluding hydrogens is 1100 g/mol. The van der Waals surface area contributed by atoms with Gasteiger partial charge in [0.05, 0.1) is 16.9 Å². The third-order valence-electron chi connectivity index (χ3n) is 19.2. The number of rotatable bonds is 9. The Labute approximate surface area is 532 Å². The van der Waals surface area contributed by atoms with E-state index in [2.05, 4.69) is 347 Å². The normalized spacial score (nSPS) is 12.7. The second kappa shape index (κ2) is 20.9. The van der Waals surface area contributed by atoms with Gasteiger partial charge in [-0.3, -0.25) is 0 Å². The Kier molecular flexibility index (Phi) is 12.5. The van der Waals surface area contributed by atoms with Gasteiger partial charge in [-0.25, -0.2) is 0 Å². The maximum Gasteiger partial charge on any atom is 0.253 e. The number of anilines is 6. The standard InChI is InChI=1S/C86H66BN3O/c1-85(2,3)62-46-61(47-63(50-62)86(4,5)6)69-39-25-38-68(58-32-19-10-20-33-58)83(69)90-76-53-73-72-48-59(55-26-13-7-14-27-55)41-45-79(72)91-80(73)54-74(76)87-81-67(57-30-17-9-18-31-57)43-44-71-70-42-40-60(56-28-15-8-16-29-56)49-75(70)89(84(71)81)77-51-66(52-78(90)82(77)87)88(64-34-21-11-22-35-64)65-36-23-12-24-37-65/h7-54H,1-6H3. The van der Waals surface area contributed by atoms with Crippen LogP contribution in [-0.2, 0) is 10.8 Å². The number of fused-ring (bicyclic) bond motifs is 10. The number of hydrogen-bond acceptors (Lipinski definition) is 3. The van der Waals surface area contributed by atoms with Crippen molar-refractivity contribution in [1.82, 2.24) is 4.57 Å². The van der Waals surface area contributed by atoms with E-state index in [4.69, 9.17) is 4.42 Å². The van der Waals surface area contributed by atoms with Gasteiger partial charge in [-0.2, -0.15) is 0 Å². The minimum Gasteiger partial charge on any atom is -0.456 e. The quantitative estimate of drug-likeness (QED) is 0.135. The highest BCUT2D eigenvalue weighted by atomic mass is 16.3. The predicted molar refractivity (Wildman–Crippen MR) is 387 cm³/mol. The molecule has 17 rings (SSSR count). The summed E-state index contributed by atoms with van der Waals surface area (Å²) in [6.07, 6.45) is 0. The van der Waals surface area contributed by atoms with Crippen LogP contribution in [0.3, 0.4) is 0 Å². The molecule has 0 saturated heterocycles. The highest BCUT2D eigenvalue weighted by molar-refractivity contribution is 7.01. The Hall–Kier alpha value is -10.9. The third-order valence-corrected chi connectivity index (χ3v) is 19.2. The van der Waals surface area contributed by atoms with Crippen LogP contribution in [-0.4, -0.2) is 11.3 Å². The monoisotopic (exact) mass is 1170 g/mol. The van der Waals surface area contributed by atoms with Gasteiger partial charge in [-0.15, -0.1) is 0 Å². The molecule has 5 heteroatoms. The fraction of sp³-hybridized carbons (Fsp3) is 0.0930. The van der Waals surface area contributed by atoms with Crippen molar-refractivity contribution >= 4 is 101 Å². The van der Waals surface area contributed by atoms with Crippen molar-refractivity contribution in [3.8, 4) is 61.3 Å². The number of aromatic nitrogens is 1. The molecule has 4 heterocycles. The molecule has 91 heavy (non-hydrogen) atoms. The molecule has 2 aromatic heterocycles. The predicted octanol–water partition coefficient (Wildman–Crippen LogP) is 21.7. The van der Waals surface area contributed by atoms with Gasteiger partial charge >= 0.3 is 0 Å². The highest BCUT2D eigenvalue weighted by Gasteiger charge is 2.46. The summed E-state index contributed by atoms with van der Waals surface area (Å²) < 4.78 is 9.88. The van der Waals surface area contributed by atoms with Crippen molar-refractivity contribution in [2.24, 2.45) is 0 Å². The molecule has 15 aromatic rings. The van der Waals surface area contributed by atoms with Crippen molar-refractivity contribution in [3.05, 3.63) is 302 Å². The summed E-state index contributed by atoms with van der Waals surface area (Å²) in [4.78, 5) is 5.15. The van der Waals surface area contributed by atoms with Crippen LogP contribution in [0.2, 0.25) is 0 Å². The number of benzene rings is 13. The van der Waals surface area contributed by atoms with Gasteiger partial charge in [0.25, 0.3) is 6.71 Å². The molecule has 0 amide bonds. The zero-order chi connectivity index (χ0) is 61.3. The molecule has 0 radical (unpaired) electrons. The van der Waals surface area contributed by atoms with E-state index in [0.29, 0.717) is 0 Å². The lowest BCUT2D eigenvalue weighted by atomic mass is 9.33. The number of para-hydroxylation sites is 3. The number of furan rings is 1. The SMILES string of the molecule is CC(C)(C)c1cc(-c2cccc(-c3ccccc3)c2N2c3cc4c(cc3B3c5c2cc(N(c2ccccc2)c2ccccc2)cc5-n2c5cc(-c6ccccc6)ccc5c5ccc(-c6ccccc6)c3c52)oc2ccc(-c3ccccc3)cc24)cc(C(C)(C)C)c1. The number of nitrogens with zero attached hydrogens (tertiary/aromatic N) is 3. The zero-order valence-corrected chi connectivity index (χ0v) is 52.0. The van der Waals surface area contributed by atoms with E-state index >= 15 is 0 Å². The summed E-state index contributed by atoms with van der Waals surface area (Å²) in [5, 5.41) is 4.57. The molecule has 0 atom stereocenters. The fourth-order valence-electron chi connectivity index (χ4n) is 14.8. The summed E-state index contributed by atoms with van der Waals surface area (Å²) in [6.45, 7) is 13.8. The topological polar surface area (TPSA) is 24.6 Å². The minimum atomic E-state index is -0.266. The van der Waals surface area contributed by atoms with Crippen molar-refractivity contribution in [2.75, 3.05) is 9.80 Å². The molecule has 434 valence electrons. The average Bonchev–Trinajstić information content (AvgIpc) is 1.65. The summed E-state index contributed by atoms with van der Waals surface area (Å²) in [5.41, 5.74) is 29.4. The van der Waals surface area contributed by atoms with Gasteiger partial charge in [-0.1, -0.05) is 266 Å². The molecule has 0 bridgehead atoms. The van der Waals surface area contributed by atoms with Gasteiger partial charge in [0.1, 0.15) is 11.2 Å². The Bertz CT molecular complexity index is 5280. The fourth-order valence-corrected chi connectivity index (χ4v) is 14.8. The van der Waals surface area contributed by atoms with E-state index < -0.39 is 0 Å². The first kappa shape index (κ1) is 54.3. The Morgan fingerprint density at radius 3 is 1.43 bits per heavy atom. The molecule has 13 aromatic carbocycles. The summed E-state index contributed by atoms with van der Waals surface area (Å²) in [6, 6.07) is 109. The lowest BCUT2D eigenvalue weighted by Gasteiger charge is -2.43. The van der Waals surface area contributed by atoms with E-state index in [0.717, 1.165) is 95.1 Å². The smallest absolute Gasteiger partial charge is 0.253 e. The van der Waals surface area contributed by atoms with E-state index in [1.807, 2.05) is 0 Å². The largest absolute Gasteiger partial charge is 0.456 e. The van der Waals surface area contributed by atoms with Gasteiger partial charge in [0, 0.05) is 66.6 Å². The van der Waals surface area contributed by atoms with Crippen LogP contribution in [0.5, 0.6) is 0 Å². The van der Waals surface area contributed by atoms with E-state index in [1.165, 1.54) is 71.6 Å². The van der Waals surface area contributed by atoms with Gasteiger partial charge < -0.3 is 18.8 Å². The highest BCUT2D eigenvalue weighted by Crippen LogP contribution is 2.53. The molecule has 0 unspecified atom stereocenters. The Morgan fingerprint density at radius 2 is 0.835 bits per heavy atom. The maximum absolute atomic E-state index is 7.23. The first-order valence-corrected chi connectivity index (χ1v) is 31.9. The third kappa shape index (κ3) is 8.89. The summed E-state index contributed by atoms with van der Waals surface area (Å²) in [7, 11) is 0. The molecule has 0 fully saturated rings. The van der Waals surface area contributed by atoms with Crippen LogP contribution in [0.25, 0.3) is 105 Å². The van der Waals surface area contributed by atoms with Crippen LogP contribution in [0, 0.1) is 0 Å². The molecule has 0 N–H and O–H groups in total. The average molecular weight is 1170 g/mol. The summed E-state index contributed by atoms with van der Waals surface area (Å²) >= 11 is 0. The Balaban J connectivity index is 1.09. The van der Waals surface area contributed by atoms with Gasteiger partial charge in [-0.05, 0) is 150 Å². The Morgan fingerprint density at radius 1 is 0.330 bits per heavy atom. The first-order chi connectivity index (χ1) is 44.4. The molecule has 2 aliphatic rings. The van der Waals surface area contributed by atoms with Gasteiger partial charge in [0.2, 0.25) is 0 Å². The lowest BCUT2D eigenvalue weighted by molar-refractivity contribution is 0.569. The van der Waals surface area contributed by atoms with Gasteiger partial charge in [0.15, 0.2) is 0 Å². The van der Waals surface area contributed by atoms with Crippen LogP contribution in [0.4, 0.5) is 34.1 Å². The molecule has 0 spiro atoms. The van der Waals surface area contributed by atoms with Crippen LogP contribution in [0.15, 0.2) is 296 Å². The molecule has 4 nitrogen and oxygen atoms in total. The minimum absolute atomic E-state index is 0.133. The zero-order valence-electron chi connectivity index (χ0n) is 52.0. The van der Waals surface area contributed by atoms with E-state index in [9.17, 15) is 0 Å². The second-order valence-corrected chi connectivity index (χ2v) is 26.8. The number of hydrogen-bond donors (Lipinski definition) is 0. The van der Waals surface area contributed by atoms with Crippen molar-refractivity contribution < 1.29 is 4.42 Å². The van der Waals surface area contributed by atoms with Crippen LogP contribution < -0.4 is 26.2 Å². The molecule has 2 aliphatic heterocycles. The first-order valence-electron chi connectivity index (χ1n) is 31.9. The van der Waals surface area contributed by atoms with Crippen LogP contribution >= 0.6 is 0 Å². The molecular formula is C86H66BN3O.